The Morgan fingerprint density at radius 3 is 2.68 bits per heavy atom. The summed E-state index contributed by atoms with van der Waals surface area (Å²) in [5, 5.41) is 10.5. The third-order valence-corrected chi connectivity index (χ3v) is 4.73. The van der Waals surface area contributed by atoms with Gasteiger partial charge in [0, 0.05) is 18.1 Å². The lowest BCUT2D eigenvalue weighted by Crippen LogP contribution is -2.21. The number of hydrogen-bond donors (Lipinski definition) is 1. The molecule has 1 aromatic carbocycles. The molecule has 1 aliphatic rings. The van der Waals surface area contributed by atoms with Gasteiger partial charge in [-0.1, -0.05) is 12.1 Å². The number of carbonyl (C=O) groups excluding carboxylic acids is 1. The highest BCUT2D eigenvalue weighted by Crippen LogP contribution is 2.29. The lowest BCUT2D eigenvalue weighted by Gasteiger charge is -2.05. The predicted octanol–water partition coefficient (Wildman–Crippen LogP) is 2.81. The molecule has 0 aliphatic carbocycles. The van der Waals surface area contributed by atoms with Crippen molar-refractivity contribution < 1.29 is 14.3 Å². The highest BCUT2D eigenvalue weighted by atomic mass is 32.1. The van der Waals surface area contributed by atoms with Crippen molar-refractivity contribution in [3.8, 4) is 0 Å². The maximum absolute atomic E-state index is 12.9. The zero-order valence-corrected chi connectivity index (χ0v) is 12.9. The number of nitrogens with zero attached hydrogens (tertiary/aromatic N) is 2. The second-order valence-corrected chi connectivity index (χ2v) is 6.36. The molecule has 0 radical (unpaired) electrons. The molecule has 1 aromatic heterocycles. The summed E-state index contributed by atoms with van der Waals surface area (Å²) in [6, 6.07) is 6.46. The Labute approximate surface area is 131 Å². The van der Waals surface area contributed by atoms with Crippen LogP contribution in [0.2, 0.25) is 0 Å². The third-order valence-electron chi connectivity index (χ3n) is 3.62. The fraction of sp³-hybridized carbons (Fsp3) is 0.250. The first-order chi connectivity index (χ1) is 10.5. The Balaban J connectivity index is 1.69. The molecule has 2 aromatic rings. The molecule has 4 nitrogen and oxygen atoms in total. The van der Waals surface area contributed by atoms with Gasteiger partial charge in [0.25, 0.3) is 5.91 Å². The number of halogens is 1. The molecule has 0 atom stereocenters. The van der Waals surface area contributed by atoms with E-state index in [1.54, 1.807) is 25.4 Å². The first kappa shape index (κ1) is 14.7. The summed E-state index contributed by atoms with van der Waals surface area (Å²) in [4.78, 5) is 18.4. The number of aromatic nitrogens is 1. The van der Waals surface area contributed by atoms with E-state index >= 15 is 0 Å². The molecule has 1 N–H and O–H groups in total. The summed E-state index contributed by atoms with van der Waals surface area (Å²) in [5.41, 5.74) is 1.65. The van der Waals surface area contributed by atoms with E-state index in [1.165, 1.54) is 28.4 Å². The lowest BCUT2D eigenvalue weighted by molar-refractivity contribution is -0.126. The smallest absolute Gasteiger partial charge is 0.289 e. The second-order valence-electron chi connectivity index (χ2n) is 5.25. The molecular formula is C16H15FN2O2S. The molecule has 6 heteroatoms. The van der Waals surface area contributed by atoms with Crippen LogP contribution in [0, 0.1) is 5.82 Å². The Kier molecular flexibility index (Phi) is 3.94. The maximum Gasteiger partial charge on any atom is 0.289 e. The molecule has 0 bridgehead atoms. The van der Waals surface area contributed by atoms with E-state index in [-0.39, 0.29) is 17.5 Å². The monoisotopic (exact) mass is 318 g/mol. The number of rotatable bonds is 4. The van der Waals surface area contributed by atoms with E-state index in [0.717, 1.165) is 23.3 Å². The number of benzene rings is 1. The van der Waals surface area contributed by atoms with Gasteiger partial charge >= 0.3 is 0 Å². The number of aliphatic hydroxyl groups is 1. The van der Waals surface area contributed by atoms with Gasteiger partial charge < -0.3 is 10.0 Å². The minimum absolute atomic E-state index is 0.207. The molecule has 3 rings (SSSR count). The van der Waals surface area contributed by atoms with Crippen LogP contribution in [-0.4, -0.2) is 34.5 Å². The van der Waals surface area contributed by atoms with E-state index < -0.39 is 0 Å². The van der Waals surface area contributed by atoms with Gasteiger partial charge in [-0.2, -0.15) is 0 Å². The summed E-state index contributed by atoms with van der Waals surface area (Å²) < 4.78 is 12.9. The van der Waals surface area contributed by atoms with Crippen LogP contribution >= 0.6 is 11.3 Å². The fourth-order valence-electron chi connectivity index (χ4n) is 2.34. The zero-order chi connectivity index (χ0) is 15.7. The van der Waals surface area contributed by atoms with Crippen LogP contribution in [0.5, 0.6) is 0 Å². The number of likely N-dealkylation sites (N-methyl/N-ethyl adjacent to an activating group) is 1. The van der Waals surface area contributed by atoms with Gasteiger partial charge in [0.1, 0.15) is 10.8 Å². The number of aryl methyl sites for hydroxylation is 2. The molecule has 22 heavy (non-hydrogen) atoms. The van der Waals surface area contributed by atoms with Gasteiger partial charge in [-0.3, -0.25) is 4.79 Å². The predicted molar refractivity (Wildman–Crippen MR) is 83.1 cm³/mol. The molecule has 0 unspecified atom stereocenters. The molecule has 114 valence electrons. The Morgan fingerprint density at radius 2 is 2.05 bits per heavy atom. The van der Waals surface area contributed by atoms with Gasteiger partial charge in [-0.15, -0.1) is 11.3 Å². The number of amides is 1. The van der Waals surface area contributed by atoms with Crippen LogP contribution in [-0.2, 0) is 17.6 Å². The van der Waals surface area contributed by atoms with Crippen LogP contribution in [0.25, 0.3) is 5.57 Å². The summed E-state index contributed by atoms with van der Waals surface area (Å²) in [6.07, 6.45) is 3.36. The Hall–Kier alpha value is -2.21. The van der Waals surface area contributed by atoms with E-state index in [1.807, 2.05) is 0 Å². The largest absolute Gasteiger partial charge is 0.503 e. The van der Waals surface area contributed by atoms with Crippen LogP contribution < -0.4 is 0 Å². The molecule has 0 fully saturated rings. The summed E-state index contributed by atoms with van der Waals surface area (Å²) in [7, 11) is 1.65. The molecular weight excluding hydrogens is 303 g/mol. The van der Waals surface area contributed by atoms with Crippen molar-refractivity contribution >= 4 is 22.8 Å². The minimum atomic E-state index is -0.363. The highest BCUT2D eigenvalue weighted by Gasteiger charge is 2.29. The quantitative estimate of drug-likeness (QED) is 0.943. The van der Waals surface area contributed by atoms with E-state index in [4.69, 9.17) is 0 Å². The van der Waals surface area contributed by atoms with Gasteiger partial charge in [-0.25, -0.2) is 9.37 Å². The van der Waals surface area contributed by atoms with Crippen molar-refractivity contribution in [3.63, 3.8) is 0 Å². The summed E-state index contributed by atoms with van der Waals surface area (Å²) in [5.74, 6) is -0.804. The SMILES string of the molecule is CN1CC(c2ncc(CCc3ccc(F)cc3)s2)=C(O)C1=O. The average Bonchev–Trinajstić information content (AvgIpc) is 3.07. The van der Waals surface area contributed by atoms with E-state index in [9.17, 15) is 14.3 Å². The fourth-order valence-corrected chi connectivity index (χ4v) is 3.29. The van der Waals surface area contributed by atoms with Gasteiger partial charge in [0.2, 0.25) is 0 Å². The van der Waals surface area contributed by atoms with Crippen molar-refractivity contribution in [3.05, 3.63) is 57.5 Å². The molecule has 2 heterocycles. The third kappa shape index (κ3) is 2.87. The van der Waals surface area contributed by atoms with Crippen LogP contribution in [0.4, 0.5) is 4.39 Å². The highest BCUT2D eigenvalue weighted by molar-refractivity contribution is 7.12. The van der Waals surface area contributed by atoms with Crippen molar-refractivity contribution in [2.75, 3.05) is 13.6 Å². The molecule has 0 spiro atoms. The Morgan fingerprint density at radius 1 is 1.32 bits per heavy atom. The van der Waals surface area contributed by atoms with Gasteiger partial charge in [-0.05, 0) is 30.5 Å². The normalized spacial score (nSPS) is 15.0. The van der Waals surface area contributed by atoms with Crippen LogP contribution in [0.1, 0.15) is 15.4 Å². The first-order valence-corrected chi connectivity index (χ1v) is 7.73. The molecule has 0 saturated heterocycles. The van der Waals surface area contributed by atoms with E-state index in [2.05, 4.69) is 4.98 Å². The summed E-state index contributed by atoms with van der Waals surface area (Å²) in [6.45, 7) is 0.385. The van der Waals surface area contributed by atoms with E-state index in [0.29, 0.717) is 17.1 Å². The average molecular weight is 318 g/mol. The molecule has 1 amide bonds. The van der Waals surface area contributed by atoms with Crippen molar-refractivity contribution in [2.45, 2.75) is 12.8 Å². The number of thiazole rings is 1. The topological polar surface area (TPSA) is 53.4 Å². The van der Waals surface area contributed by atoms with Gasteiger partial charge in [0.15, 0.2) is 5.76 Å². The number of aliphatic hydroxyl groups excluding tert-OH is 1. The van der Waals surface area contributed by atoms with Crippen molar-refractivity contribution in [2.24, 2.45) is 0 Å². The zero-order valence-electron chi connectivity index (χ0n) is 12.0. The second kappa shape index (κ2) is 5.88. The van der Waals surface area contributed by atoms with Crippen LogP contribution in [0.3, 0.4) is 0 Å². The Bertz CT molecular complexity index is 737. The number of carbonyl (C=O) groups is 1. The summed E-state index contributed by atoms with van der Waals surface area (Å²) >= 11 is 1.48. The van der Waals surface area contributed by atoms with Crippen molar-refractivity contribution in [1.82, 2.24) is 9.88 Å². The first-order valence-electron chi connectivity index (χ1n) is 6.91. The van der Waals surface area contributed by atoms with Crippen LogP contribution in [0.15, 0.2) is 36.2 Å². The standard InChI is InChI=1S/C16H15FN2O2S/c1-19-9-13(14(20)16(19)21)15-18-8-12(22-15)7-4-10-2-5-11(17)6-3-10/h2-3,5-6,8,20H,4,7,9H2,1H3. The maximum atomic E-state index is 12.9. The van der Waals surface area contributed by atoms with Crippen molar-refractivity contribution in [1.29, 1.82) is 0 Å². The molecule has 1 aliphatic heterocycles. The number of hydrogen-bond acceptors (Lipinski definition) is 4. The lowest BCUT2D eigenvalue weighted by atomic mass is 10.1. The van der Waals surface area contributed by atoms with Gasteiger partial charge in [0.05, 0.1) is 12.1 Å². The molecule has 0 saturated carbocycles. The minimum Gasteiger partial charge on any atom is -0.503 e.